The molecule has 134 valence electrons. The Bertz CT molecular complexity index is 867. The molecule has 0 spiro atoms. The van der Waals surface area contributed by atoms with Crippen molar-refractivity contribution in [3.05, 3.63) is 58.1 Å². The summed E-state index contributed by atoms with van der Waals surface area (Å²) in [7, 11) is -1.04. The number of carbonyl (C=O) groups excluding carboxylic acids is 1. The zero-order valence-electron chi connectivity index (χ0n) is 13.8. The van der Waals surface area contributed by atoms with Crippen LogP contribution >= 0.6 is 15.9 Å². The molecule has 0 saturated carbocycles. The van der Waals surface area contributed by atoms with Gasteiger partial charge in [0.15, 0.2) is 0 Å². The number of ether oxygens (including phenoxy) is 2. The van der Waals surface area contributed by atoms with Gasteiger partial charge in [-0.05, 0) is 52.2 Å². The smallest absolute Gasteiger partial charge is 0.339 e. The number of hydrogen-bond donors (Lipinski definition) is 1. The van der Waals surface area contributed by atoms with Crippen LogP contribution in [0.5, 0.6) is 5.75 Å². The van der Waals surface area contributed by atoms with Crippen LogP contribution in [0.25, 0.3) is 0 Å². The highest BCUT2D eigenvalue weighted by molar-refractivity contribution is 9.10. The lowest BCUT2D eigenvalue weighted by atomic mass is 10.1. The summed E-state index contributed by atoms with van der Waals surface area (Å²) in [4.78, 5) is 11.6. The summed E-state index contributed by atoms with van der Waals surface area (Å²) in [6, 6.07) is 11.5. The molecule has 0 fully saturated rings. The van der Waals surface area contributed by atoms with E-state index in [1.165, 1.54) is 19.2 Å². The van der Waals surface area contributed by atoms with Crippen LogP contribution in [-0.4, -0.2) is 35.2 Å². The number of sulfonamides is 1. The summed E-state index contributed by atoms with van der Waals surface area (Å²) in [5.41, 5.74) is 0.946. The van der Waals surface area contributed by atoms with Crippen LogP contribution in [-0.2, 0) is 21.2 Å². The van der Waals surface area contributed by atoms with Crippen LogP contribution in [0.1, 0.15) is 15.9 Å². The normalized spacial score (nSPS) is 11.2. The van der Waals surface area contributed by atoms with E-state index in [0.29, 0.717) is 12.2 Å². The highest BCUT2D eigenvalue weighted by atomic mass is 79.9. The van der Waals surface area contributed by atoms with Crippen LogP contribution in [0, 0.1) is 0 Å². The molecule has 0 saturated heterocycles. The van der Waals surface area contributed by atoms with Crippen molar-refractivity contribution >= 4 is 31.9 Å². The Hall–Kier alpha value is -1.90. The third kappa shape index (κ3) is 4.81. The predicted octanol–water partition coefficient (Wildman–Crippen LogP) is 2.77. The van der Waals surface area contributed by atoms with E-state index in [0.717, 1.165) is 10.0 Å². The Kier molecular flexibility index (Phi) is 6.57. The summed E-state index contributed by atoms with van der Waals surface area (Å²) in [6.07, 6.45) is 0.488. The molecule has 25 heavy (non-hydrogen) atoms. The van der Waals surface area contributed by atoms with Crippen molar-refractivity contribution in [3.63, 3.8) is 0 Å². The standard InChI is InChI=1S/C17H18BrNO5S/c1-23-15-8-7-12(11-14(15)18)9-10-19-25(21,22)16-6-4-3-5-13(16)17(20)24-2/h3-8,11,19H,9-10H2,1-2H3. The molecule has 6 nitrogen and oxygen atoms in total. The maximum Gasteiger partial charge on any atom is 0.339 e. The van der Waals surface area contributed by atoms with Crippen molar-refractivity contribution in [3.8, 4) is 5.75 Å². The minimum absolute atomic E-state index is 0.00434. The van der Waals surface area contributed by atoms with E-state index in [9.17, 15) is 13.2 Å². The molecule has 0 radical (unpaired) electrons. The number of esters is 1. The molecule has 0 aliphatic carbocycles. The molecule has 0 bridgehead atoms. The lowest BCUT2D eigenvalue weighted by Gasteiger charge is -2.11. The lowest BCUT2D eigenvalue weighted by Crippen LogP contribution is -2.27. The SMILES string of the molecule is COC(=O)c1ccccc1S(=O)(=O)NCCc1ccc(OC)c(Br)c1. The largest absolute Gasteiger partial charge is 0.496 e. The van der Waals surface area contributed by atoms with Crippen LogP contribution in [0.15, 0.2) is 51.8 Å². The summed E-state index contributed by atoms with van der Waals surface area (Å²) in [5.74, 6) is 0.0106. The van der Waals surface area contributed by atoms with Gasteiger partial charge in [-0.15, -0.1) is 0 Å². The molecular weight excluding hydrogens is 410 g/mol. The number of halogens is 1. The second-order valence-electron chi connectivity index (χ2n) is 5.10. The minimum Gasteiger partial charge on any atom is -0.496 e. The number of hydrogen-bond acceptors (Lipinski definition) is 5. The average Bonchev–Trinajstić information content (AvgIpc) is 2.61. The van der Waals surface area contributed by atoms with E-state index in [-0.39, 0.29) is 17.0 Å². The van der Waals surface area contributed by atoms with Crippen LogP contribution in [0.4, 0.5) is 0 Å². The molecule has 2 rings (SSSR count). The second-order valence-corrected chi connectivity index (χ2v) is 7.69. The topological polar surface area (TPSA) is 81.7 Å². The van der Waals surface area contributed by atoms with Crippen molar-refractivity contribution in [2.75, 3.05) is 20.8 Å². The highest BCUT2D eigenvalue weighted by Crippen LogP contribution is 2.25. The average molecular weight is 428 g/mol. The van der Waals surface area contributed by atoms with Gasteiger partial charge in [0.2, 0.25) is 10.0 Å². The Morgan fingerprint density at radius 1 is 1.16 bits per heavy atom. The molecule has 2 aromatic carbocycles. The van der Waals surface area contributed by atoms with Gasteiger partial charge >= 0.3 is 5.97 Å². The molecule has 0 aromatic heterocycles. The zero-order chi connectivity index (χ0) is 18.4. The van der Waals surface area contributed by atoms with Gasteiger partial charge in [-0.3, -0.25) is 0 Å². The van der Waals surface area contributed by atoms with E-state index < -0.39 is 16.0 Å². The molecule has 0 aliphatic rings. The summed E-state index contributed by atoms with van der Waals surface area (Å²) in [5, 5.41) is 0. The Morgan fingerprint density at radius 3 is 2.52 bits per heavy atom. The van der Waals surface area contributed by atoms with Crippen molar-refractivity contribution in [2.24, 2.45) is 0 Å². The maximum absolute atomic E-state index is 12.5. The van der Waals surface area contributed by atoms with Gasteiger partial charge in [-0.1, -0.05) is 18.2 Å². The molecule has 0 amide bonds. The number of rotatable bonds is 7. The van der Waals surface area contributed by atoms with Gasteiger partial charge in [0.25, 0.3) is 0 Å². The van der Waals surface area contributed by atoms with Crippen LogP contribution < -0.4 is 9.46 Å². The zero-order valence-corrected chi connectivity index (χ0v) is 16.2. The van der Waals surface area contributed by atoms with Crippen molar-refractivity contribution in [1.29, 1.82) is 0 Å². The Labute approximate surface area is 155 Å². The van der Waals surface area contributed by atoms with E-state index in [1.54, 1.807) is 25.3 Å². The molecule has 0 heterocycles. The molecule has 1 N–H and O–H groups in total. The fraction of sp³-hybridized carbons (Fsp3) is 0.235. The monoisotopic (exact) mass is 427 g/mol. The van der Waals surface area contributed by atoms with Crippen molar-refractivity contribution < 1.29 is 22.7 Å². The van der Waals surface area contributed by atoms with Gasteiger partial charge in [0, 0.05) is 6.54 Å². The third-order valence-electron chi connectivity index (χ3n) is 3.50. The first-order valence-corrected chi connectivity index (χ1v) is 9.66. The quantitative estimate of drug-likeness (QED) is 0.686. The van der Waals surface area contributed by atoms with E-state index in [4.69, 9.17) is 4.74 Å². The van der Waals surface area contributed by atoms with Gasteiger partial charge in [0.05, 0.1) is 29.2 Å². The summed E-state index contributed by atoms with van der Waals surface area (Å²) in [6.45, 7) is 0.191. The fourth-order valence-electron chi connectivity index (χ4n) is 2.25. The summed E-state index contributed by atoms with van der Waals surface area (Å²) < 4.78 is 38.1. The van der Waals surface area contributed by atoms with Gasteiger partial charge in [0.1, 0.15) is 5.75 Å². The molecule has 0 unspecified atom stereocenters. The predicted molar refractivity (Wildman–Crippen MR) is 97.4 cm³/mol. The first-order chi connectivity index (χ1) is 11.9. The first kappa shape index (κ1) is 19.4. The van der Waals surface area contributed by atoms with E-state index in [2.05, 4.69) is 25.4 Å². The first-order valence-electron chi connectivity index (χ1n) is 7.38. The van der Waals surface area contributed by atoms with Crippen LogP contribution in [0.3, 0.4) is 0 Å². The number of nitrogens with one attached hydrogen (secondary N) is 1. The lowest BCUT2D eigenvalue weighted by molar-refractivity contribution is 0.0596. The Balaban J connectivity index is 2.10. The second kappa shape index (κ2) is 8.46. The number of methoxy groups -OCH3 is 2. The molecular formula is C17H18BrNO5S. The maximum atomic E-state index is 12.5. The summed E-state index contributed by atoms with van der Waals surface area (Å²) >= 11 is 3.39. The fourth-order valence-corrected chi connectivity index (χ4v) is 4.07. The molecule has 0 aliphatic heterocycles. The molecule has 2 aromatic rings. The highest BCUT2D eigenvalue weighted by Gasteiger charge is 2.22. The van der Waals surface area contributed by atoms with Crippen molar-refractivity contribution in [2.45, 2.75) is 11.3 Å². The van der Waals surface area contributed by atoms with Crippen LogP contribution in [0.2, 0.25) is 0 Å². The number of benzene rings is 2. The van der Waals surface area contributed by atoms with E-state index in [1.807, 2.05) is 12.1 Å². The van der Waals surface area contributed by atoms with Gasteiger partial charge in [-0.25, -0.2) is 17.9 Å². The van der Waals surface area contributed by atoms with E-state index >= 15 is 0 Å². The molecule has 8 heteroatoms. The molecule has 0 atom stereocenters. The van der Waals surface area contributed by atoms with Gasteiger partial charge < -0.3 is 9.47 Å². The minimum atomic E-state index is -3.83. The van der Waals surface area contributed by atoms with Crippen molar-refractivity contribution in [1.82, 2.24) is 4.72 Å². The van der Waals surface area contributed by atoms with Gasteiger partial charge in [-0.2, -0.15) is 0 Å². The number of carbonyl (C=O) groups is 1. The Morgan fingerprint density at radius 2 is 1.88 bits per heavy atom. The third-order valence-corrected chi connectivity index (χ3v) is 5.64.